The molecule has 196 valence electrons. The van der Waals surface area contributed by atoms with Gasteiger partial charge in [0.2, 0.25) is 5.91 Å². The molecule has 37 heavy (non-hydrogen) atoms. The molecule has 2 heterocycles. The van der Waals surface area contributed by atoms with Crippen LogP contribution in [0.15, 0.2) is 45.7 Å². The molecule has 0 bridgehead atoms. The molecule has 0 radical (unpaired) electrons. The molecule has 0 saturated heterocycles. The van der Waals surface area contributed by atoms with Gasteiger partial charge in [-0.25, -0.2) is 8.78 Å². The number of methoxy groups -OCH3 is 1. The fourth-order valence-corrected chi connectivity index (χ4v) is 6.14. The van der Waals surface area contributed by atoms with Gasteiger partial charge in [-0.2, -0.15) is 5.16 Å². The number of hydrogen-bond donors (Lipinski definition) is 1. The maximum Gasteiger partial charge on any atom is 0.280 e. The van der Waals surface area contributed by atoms with E-state index in [-0.39, 0.29) is 42.5 Å². The molecule has 4 rings (SSSR count). The van der Waals surface area contributed by atoms with Crippen molar-refractivity contribution in [2.75, 3.05) is 20.3 Å². The summed E-state index contributed by atoms with van der Waals surface area (Å²) in [6.07, 6.45) is -0.568. The Morgan fingerprint density at radius 1 is 1.11 bits per heavy atom. The van der Waals surface area contributed by atoms with Crippen molar-refractivity contribution < 1.29 is 32.4 Å². The molecular formula is C26H28F2N2O6Si. The lowest BCUT2D eigenvalue weighted by molar-refractivity contribution is -0.139. The number of halogens is 2. The van der Waals surface area contributed by atoms with Crippen molar-refractivity contribution in [2.24, 2.45) is 0 Å². The molecule has 0 saturated carbocycles. The van der Waals surface area contributed by atoms with Crippen molar-refractivity contribution in [1.82, 2.24) is 10.1 Å². The molecule has 2 aromatic carbocycles. The van der Waals surface area contributed by atoms with Crippen molar-refractivity contribution in [3.05, 3.63) is 75.3 Å². The van der Waals surface area contributed by atoms with Gasteiger partial charge < -0.3 is 18.9 Å². The number of H-pyrrole nitrogens is 1. The Labute approximate surface area is 213 Å². The summed E-state index contributed by atoms with van der Waals surface area (Å²) < 4.78 is 45.9. The predicted molar refractivity (Wildman–Crippen MR) is 134 cm³/mol. The first-order valence-electron chi connectivity index (χ1n) is 11.8. The van der Waals surface area contributed by atoms with Gasteiger partial charge in [-0.1, -0.05) is 19.6 Å². The molecule has 0 aliphatic carbocycles. The average Bonchev–Trinajstić information content (AvgIpc) is 3.11. The molecule has 3 aromatic rings. The largest absolute Gasteiger partial charge is 0.497 e. The van der Waals surface area contributed by atoms with Crippen LogP contribution in [0.1, 0.15) is 22.9 Å². The molecule has 1 aliphatic rings. The Bertz CT molecular complexity index is 1370. The molecule has 0 spiro atoms. The summed E-state index contributed by atoms with van der Waals surface area (Å²) in [6, 6.07) is 7.35. The van der Waals surface area contributed by atoms with E-state index in [0.717, 1.165) is 6.07 Å². The minimum absolute atomic E-state index is 0.0676. The number of carbonyl (C=O) groups excluding carboxylic acids is 2. The lowest BCUT2D eigenvalue weighted by Gasteiger charge is -2.29. The van der Waals surface area contributed by atoms with Gasteiger partial charge in [0.15, 0.2) is 5.78 Å². The molecule has 1 aliphatic heterocycles. The minimum atomic E-state index is -2.29. The van der Waals surface area contributed by atoms with Gasteiger partial charge in [0.1, 0.15) is 41.5 Å². The third-order valence-corrected chi connectivity index (χ3v) is 8.15. The highest BCUT2D eigenvalue weighted by Gasteiger charge is 2.36. The van der Waals surface area contributed by atoms with Crippen LogP contribution >= 0.6 is 0 Å². The first-order chi connectivity index (χ1) is 17.5. The SMILES string of the molecule is COc1ccc2c(c1)OCCN(C(=O)Cc1cc(=O)[nH]o1)C2C(=O)Cc1cc(F)c([Si](C)(C)C)c(F)c1. The Kier molecular flexibility index (Phi) is 7.35. The van der Waals surface area contributed by atoms with Crippen LogP contribution in [-0.2, 0) is 22.4 Å². The summed E-state index contributed by atoms with van der Waals surface area (Å²) in [5, 5.41) is 2.21. The molecule has 1 N–H and O–H groups in total. The van der Waals surface area contributed by atoms with Crippen LogP contribution in [0.5, 0.6) is 11.5 Å². The highest BCUT2D eigenvalue weighted by molar-refractivity contribution is 6.88. The fourth-order valence-electron chi connectivity index (χ4n) is 4.56. The van der Waals surface area contributed by atoms with Crippen LogP contribution in [0.4, 0.5) is 8.78 Å². The van der Waals surface area contributed by atoms with Gasteiger partial charge in [0.25, 0.3) is 5.56 Å². The van der Waals surface area contributed by atoms with Crippen molar-refractivity contribution in [2.45, 2.75) is 38.5 Å². The van der Waals surface area contributed by atoms with Crippen LogP contribution in [0.2, 0.25) is 19.6 Å². The van der Waals surface area contributed by atoms with Gasteiger partial charge in [0, 0.05) is 29.3 Å². The third kappa shape index (κ3) is 5.66. The highest BCUT2D eigenvalue weighted by Crippen LogP contribution is 2.36. The molecular weight excluding hydrogens is 502 g/mol. The number of rotatable bonds is 7. The standard InChI is InChI=1S/C26H28F2N2O6Si/c1-34-16-5-6-18-22(12-16)35-8-7-30(24(33)14-17-13-23(32)29-36-17)25(18)21(31)11-15-9-19(27)26(20(28)10-15)37(2,3)4/h5-6,9-10,12-13,25H,7-8,11,14H2,1-4H3,(H,29,32). The topological polar surface area (TPSA) is 102 Å². The zero-order chi connectivity index (χ0) is 26.9. The number of hydrogen-bond acceptors (Lipinski definition) is 6. The van der Waals surface area contributed by atoms with Crippen LogP contribution in [-0.4, -0.2) is 50.1 Å². The minimum Gasteiger partial charge on any atom is -0.497 e. The number of nitrogens with zero attached hydrogens (tertiary/aromatic N) is 1. The zero-order valence-electron chi connectivity index (χ0n) is 21.0. The van der Waals surface area contributed by atoms with Crippen LogP contribution in [0.25, 0.3) is 0 Å². The van der Waals surface area contributed by atoms with E-state index in [9.17, 15) is 23.2 Å². The smallest absolute Gasteiger partial charge is 0.280 e. The quantitative estimate of drug-likeness (QED) is 0.471. The Morgan fingerprint density at radius 3 is 2.41 bits per heavy atom. The number of Topliss-reactive ketones (excluding diaryl/α,β-unsaturated/α-hetero) is 1. The second-order valence-corrected chi connectivity index (χ2v) is 14.9. The van der Waals surface area contributed by atoms with E-state index in [1.165, 1.54) is 24.1 Å². The maximum atomic E-state index is 14.9. The second-order valence-electron chi connectivity index (χ2n) is 9.93. The summed E-state index contributed by atoms with van der Waals surface area (Å²) in [6.45, 7) is 5.68. The number of benzene rings is 2. The van der Waals surface area contributed by atoms with E-state index in [2.05, 4.69) is 5.16 Å². The van der Waals surface area contributed by atoms with Crippen molar-refractivity contribution in [1.29, 1.82) is 0 Å². The van der Waals surface area contributed by atoms with Crippen LogP contribution in [0.3, 0.4) is 0 Å². The Hall–Kier alpha value is -3.73. The Morgan fingerprint density at radius 2 is 1.81 bits per heavy atom. The summed E-state index contributed by atoms with van der Waals surface area (Å²) >= 11 is 0. The maximum absolute atomic E-state index is 14.9. The fraction of sp³-hybridized carbons (Fsp3) is 0.346. The van der Waals surface area contributed by atoms with Crippen LogP contribution < -0.4 is 20.2 Å². The van der Waals surface area contributed by atoms with Gasteiger partial charge in [0.05, 0.1) is 28.1 Å². The number of amides is 1. The summed E-state index contributed by atoms with van der Waals surface area (Å²) in [4.78, 5) is 39.8. The number of fused-ring (bicyclic) bond motifs is 1. The Balaban J connectivity index is 1.71. The number of nitrogens with one attached hydrogen (secondary N) is 1. The first-order valence-corrected chi connectivity index (χ1v) is 15.3. The molecule has 11 heteroatoms. The normalized spacial score (nSPS) is 15.5. The molecule has 1 atom stereocenters. The molecule has 8 nitrogen and oxygen atoms in total. The van der Waals surface area contributed by atoms with E-state index < -0.39 is 43.0 Å². The predicted octanol–water partition coefficient (Wildman–Crippen LogP) is 3.12. The number of aromatic nitrogens is 1. The van der Waals surface area contributed by atoms with E-state index in [1.54, 1.807) is 18.2 Å². The highest BCUT2D eigenvalue weighted by atomic mass is 28.3. The van der Waals surface area contributed by atoms with Crippen molar-refractivity contribution in [3.63, 3.8) is 0 Å². The monoisotopic (exact) mass is 530 g/mol. The number of ketones is 1. The lowest BCUT2D eigenvalue weighted by atomic mass is 9.95. The van der Waals surface area contributed by atoms with E-state index >= 15 is 0 Å². The van der Waals surface area contributed by atoms with Gasteiger partial charge in [-0.15, -0.1) is 0 Å². The van der Waals surface area contributed by atoms with Gasteiger partial charge in [-0.3, -0.25) is 14.4 Å². The van der Waals surface area contributed by atoms with Crippen molar-refractivity contribution >= 4 is 25.0 Å². The molecule has 1 unspecified atom stereocenters. The molecule has 0 fully saturated rings. The third-order valence-electron chi connectivity index (χ3n) is 6.17. The lowest BCUT2D eigenvalue weighted by Crippen LogP contribution is -2.43. The summed E-state index contributed by atoms with van der Waals surface area (Å²) in [7, 11) is -0.797. The summed E-state index contributed by atoms with van der Waals surface area (Å²) in [5.74, 6) is -1.27. The average molecular weight is 531 g/mol. The number of ether oxygens (including phenoxy) is 2. The zero-order valence-corrected chi connectivity index (χ0v) is 22.0. The summed E-state index contributed by atoms with van der Waals surface area (Å²) in [5.41, 5.74) is 0.107. The van der Waals surface area contributed by atoms with Crippen LogP contribution in [0, 0.1) is 11.6 Å². The second kappa shape index (κ2) is 10.3. The number of carbonyl (C=O) groups is 2. The van der Waals surface area contributed by atoms with Gasteiger partial charge >= 0.3 is 0 Å². The van der Waals surface area contributed by atoms with E-state index in [0.29, 0.717) is 17.1 Å². The van der Waals surface area contributed by atoms with Crippen molar-refractivity contribution in [3.8, 4) is 11.5 Å². The molecule has 1 amide bonds. The van der Waals surface area contributed by atoms with Gasteiger partial charge in [-0.05, 0) is 29.8 Å². The van der Waals surface area contributed by atoms with E-state index in [1.807, 2.05) is 19.6 Å². The molecule has 1 aromatic heterocycles. The first kappa shape index (κ1) is 26.3. The number of aromatic amines is 1. The van der Waals surface area contributed by atoms with E-state index in [4.69, 9.17) is 14.0 Å².